The average molecular weight is 551 g/mol. The molecule has 0 radical (unpaired) electrons. The number of likely N-dealkylation sites (tertiary alicyclic amines) is 1. The maximum atomic E-state index is 13.4. The van der Waals surface area contributed by atoms with E-state index in [9.17, 15) is 14.7 Å². The topological polar surface area (TPSA) is 111 Å². The molecule has 0 bridgehead atoms. The number of nitrogens with zero attached hydrogens (tertiary/aromatic N) is 4. The largest absolute Gasteiger partial charge is 0.465 e. The fourth-order valence-corrected chi connectivity index (χ4v) is 5.96. The van der Waals surface area contributed by atoms with E-state index in [1.807, 2.05) is 65.6 Å². The fourth-order valence-electron chi connectivity index (χ4n) is 5.96. The van der Waals surface area contributed by atoms with Crippen LogP contribution in [0.2, 0.25) is 0 Å². The van der Waals surface area contributed by atoms with Crippen molar-refractivity contribution in [2.45, 2.75) is 37.8 Å². The van der Waals surface area contributed by atoms with Crippen molar-refractivity contribution in [1.82, 2.24) is 20.2 Å². The van der Waals surface area contributed by atoms with Gasteiger partial charge in [-0.05, 0) is 48.1 Å². The smallest absolute Gasteiger partial charge is 0.404 e. The number of hydrogen-bond acceptors (Lipinski definition) is 6. The number of rotatable bonds is 7. The number of nitrogens with one attached hydrogen (secondary N) is 2. The van der Waals surface area contributed by atoms with Crippen molar-refractivity contribution >= 4 is 34.7 Å². The number of carbonyl (C=O) groups excluding carboxylic acids is 1. The van der Waals surface area contributed by atoms with E-state index in [1.54, 1.807) is 0 Å². The van der Waals surface area contributed by atoms with Gasteiger partial charge in [-0.15, -0.1) is 0 Å². The van der Waals surface area contributed by atoms with Gasteiger partial charge in [-0.2, -0.15) is 4.98 Å². The molecule has 2 saturated heterocycles. The third kappa shape index (κ3) is 6.09. The van der Waals surface area contributed by atoms with E-state index in [1.165, 1.54) is 0 Å². The zero-order valence-electron chi connectivity index (χ0n) is 22.9. The lowest BCUT2D eigenvalue weighted by Crippen LogP contribution is -2.47. The maximum absolute atomic E-state index is 13.4. The Balaban J connectivity index is 1.15. The van der Waals surface area contributed by atoms with Gasteiger partial charge in [-0.1, -0.05) is 66.7 Å². The second kappa shape index (κ2) is 11.8. The van der Waals surface area contributed by atoms with Crippen molar-refractivity contribution in [1.29, 1.82) is 0 Å². The van der Waals surface area contributed by atoms with Gasteiger partial charge < -0.3 is 25.5 Å². The molecule has 2 aliphatic rings. The van der Waals surface area contributed by atoms with Crippen LogP contribution in [0, 0.1) is 0 Å². The zero-order valence-corrected chi connectivity index (χ0v) is 22.9. The van der Waals surface area contributed by atoms with Crippen LogP contribution in [0.3, 0.4) is 0 Å². The van der Waals surface area contributed by atoms with Crippen molar-refractivity contribution in [3.8, 4) is 11.1 Å². The lowest BCUT2D eigenvalue weighted by molar-refractivity contribution is -0.129. The summed E-state index contributed by atoms with van der Waals surface area (Å²) in [7, 11) is 0. The van der Waals surface area contributed by atoms with Gasteiger partial charge >= 0.3 is 6.09 Å². The number of para-hydroxylation sites is 1. The fraction of sp³-hybridized carbons (Fsp3) is 0.312. The van der Waals surface area contributed by atoms with Crippen LogP contribution >= 0.6 is 0 Å². The van der Waals surface area contributed by atoms with Crippen molar-refractivity contribution in [3.05, 3.63) is 84.4 Å². The minimum absolute atomic E-state index is 0.0418. The molecule has 6 rings (SSSR count). The number of piperidine rings is 1. The monoisotopic (exact) mass is 550 g/mol. The van der Waals surface area contributed by atoms with Gasteiger partial charge in [0.2, 0.25) is 11.9 Å². The Morgan fingerprint density at radius 3 is 2.49 bits per heavy atom. The Kier molecular flexibility index (Phi) is 7.67. The van der Waals surface area contributed by atoms with Crippen LogP contribution in [0.25, 0.3) is 22.0 Å². The van der Waals surface area contributed by atoms with Gasteiger partial charge in [0.1, 0.15) is 5.82 Å². The van der Waals surface area contributed by atoms with Crippen LogP contribution in [0.1, 0.15) is 24.8 Å². The van der Waals surface area contributed by atoms with Crippen LogP contribution < -0.4 is 15.5 Å². The minimum Gasteiger partial charge on any atom is -0.465 e. The highest BCUT2D eigenvalue weighted by Gasteiger charge is 2.28. The number of hydrogen-bond donors (Lipinski definition) is 3. The first-order valence-corrected chi connectivity index (χ1v) is 14.2. The van der Waals surface area contributed by atoms with Gasteiger partial charge in [0.25, 0.3) is 0 Å². The maximum Gasteiger partial charge on any atom is 0.404 e. The van der Waals surface area contributed by atoms with Crippen molar-refractivity contribution < 1.29 is 14.7 Å². The van der Waals surface area contributed by atoms with Crippen molar-refractivity contribution in [3.63, 3.8) is 0 Å². The molecule has 2 atom stereocenters. The van der Waals surface area contributed by atoms with Crippen LogP contribution in [0.4, 0.5) is 16.6 Å². The molecule has 41 heavy (non-hydrogen) atoms. The molecule has 0 spiro atoms. The third-order valence-electron chi connectivity index (χ3n) is 7.95. The van der Waals surface area contributed by atoms with Crippen LogP contribution in [0.5, 0.6) is 0 Å². The molecule has 1 aromatic heterocycles. The number of anilines is 2. The van der Waals surface area contributed by atoms with Crippen LogP contribution in [-0.4, -0.2) is 70.2 Å². The average Bonchev–Trinajstić information content (AvgIpc) is 3.46. The lowest BCUT2D eigenvalue weighted by atomic mass is 9.97. The van der Waals surface area contributed by atoms with E-state index in [4.69, 9.17) is 9.97 Å². The Morgan fingerprint density at radius 2 is 1.63 bits per heavy atom. The Bertz CT molecular complexity index is 1550. The van der Waals surface area contributed by atoms with Gasteiger partial charge in [0.15, 0.2) is 0 Å². The molecule has 2 amide bonds. The van der Waals surface area contributed by atoms with E-state index < -0.39 is 6.09 Å². The first kappa shape index (κ1) is 26.6. The standard InChI is InChI=1S/C32H34N6O3/c39-29(19-23-11-4-5-13-26(23)22-9-2-1-3-10-22)37-18-16-25(20-37)33-31-35-28-15-7-6-14-27(28)30(36-31)38-17-8-12-24(21-38)34-32(40)41/h1-7,9-11,13-15,24-25,34H,8,12,16-21H2,(H,40,41)(H,33,35,36). The highest BCUT2D eigenvalue weighted by atomic mass is 16.4. The number of carboxylic acid groups (broad SMARTS) is 1. The quantitative estimate of drug-likeness (QED) is 0.304. The molecule has 4 aromatic rings. The summed E-state index contributed by atoms with van der Waals surface area (Å²) in [5.41, 5.74) is 4.06. The summed E-state index contributed by atoms with van der Waals surface area (Å²) in [4.78, 5) is 38.4. The number of aromatic nitrogens is 2. The van der Waals surface area contributed by atoms with Crippen molar-refractivity contribution in [2.75, 3.05) is 36.4 Å². The van der Waals surface area contributed by atoms with E-state index in [0.29, 0.717) is 32.0 Å². The summed E-state index contributed by atoms with van der Waals surface area (Å²) in [6.45, 7) is 2.63. The minimum atomic E-state index is -1.00. The number of benzene rings is 3. The summed E-state index contributed by atoms with van der Waals surface area (Å²) in [6.07, 6.45) is 1.84. The third-order valence-corrected chi connectivity index (χ3v) is 7.95. The lowest BCUT2D eigenvalue weighted by Gasteiger charge is -2.34. The molecule has 3 N–H and O–H groups in total. The number of amides is 2. The SMILES string of the molecule is O=C(O)NC1CCCN(c2nc(NC3CCN(C(=O)Cc4ccccc4-c4ccccc4)C3)nc3ccccc23)C1. The highest BCUT2D eigenvalue weighted by molar-refractivity contribution is 5.90. The Labute approximate surface area is 239 Å². The van der Waals surface area contributed by atoms with E-state index in [2.05, 4.69) is 33.7 Å². The van der Waals surface area contributed by atoms with Gasteiger partial charge in [0.05, 0.1) is 11.9 Å². The molecule has 2 fully saturated rings. The van der Waals surface area contributed by atoms with Crippen LogP contribution in [-0.2, 0) is 11.2 Å². The molecule has 0 aliphatic carbocycles. The molecule has 3 heterocycles. The summed E-state index contributed by atoms with van der Waals surface area (Å²) in [5.74, 6) is 1.45. The first-order chi connectivity index (χ1) is 20.0. The number of carbonyl (C=O) groups is 2. The summed E-state index contributed by atoms with van der Waals surface area (Å²) in [6, 6.07) is 26.1. The molecular formula is C32H34N6O3. The van der Waals surface area contributed by atoms with Crippen LogP contribution in [0.15, 0.2) is 78.9 Å². The Hall–Kier alpha value is -4.66. The molecule has 3 aromatic carbocycles. The molecule has 9 heteroatoms. The molecule has 9 nitrogen and oxygen atoms in total. The Morgan fingerprint density at radius 1 is 0.854 bits per heavy atom. The second-order valence-corrected chi connectivity index (χ2v) is 10.8. The zero-order chi connectivity index (χ0) is 28.2. The normalized spacial score (nSPS) is 18.8. The predicted molar refractivity (Wildman–Crippen MR) is 160 cm³/mol. The van der Waals surface area contributed by atoms with Crippen molar-refractivity contribution in [2.24, 2.45) is 0 Å². The number of fused-ring (bicyclic) bond motifs is 1. The molecular weight excluding hydrogens is 516 g/mol. The molecule has 2 unspecified atom stereocenters. The van der Waals surface area contributed by atoms with Gasteiger partial charge in [0, 0.05) is 43.6 Å². The first-order valence-electron chi connectivity index (χ1n) is 14.2. The van der Waals surface area contributed by atoms with E-state index in [0.717, 1.165) is 59.2 Å². The van der Waals surface area contributed by atoms with Gasteiger partial charge in [-0.25, -0.2) is 9.78 Å². The summed E-state index contributed by atoms with van der Waals surface area (Å²) >= 11 is 0. The molecule has 2 aliphatic heterocycles. The highest BCUT2D eigenvalue weighted by Crippen LogP contribution is 2.29. The molecule has 0 saturated carbocycles. The summed E-state index contributed by atoms with van der Waals surface area (Å²) in [5, 5.41) is 16.3. The van der Waals surface area contributed by atoms with Gasteiger partial charge in [-0.3, -0.25) is 4.79 Å². The molecule has 210 valence electrons. The predicted octanol–water partition coefficient (Wildman–Crippen LogP) is 4.79. The second-order valence-electron chi connectivity index (χ2n) is 10.8. The van der Waals surface area contributed by atoms with E-state index >= 15 is 0 Å². The summed E-state index contributed by atoms with van der Waals surface area (Å²) < 4.78 is 0. The van der Waals surface area contributed by atoms with E-state index in [-0.39, 0.29) is 18.0 Å².